The van der Waals surface area contributed by atoms with Gasteiger partial charge in [-0.05, 0) is 53.6 Å². The number of ether oxygens (including phenoxy) is 4. The van der Waals surface area contributed by atoms with Crippen LogP contribution in [-0.4, -0.2) is 13.1 Å². The molecule has 4 aromatic carbocycles. The van der Waals surface area contributed by atoms with E-state index in [0.29, 0.717) is 38.8 Å². The quantitative estimate of drug-likeness (QED) is 0.140. The summed E-state index contributed by atoms with van der Waals surface area (Å²) in [6.45, 7) is 0.203. The molecule has 0 saturated heterocycles. The van der Waals surface area contributed by atoms with Crippen LogP contribution < -0.4 is 24.7 Å². The third-order valence-electron chi connectivity index (χ3n) is 7.01. The molecule has 0 fully saturated rings. The highest BCUT2D eigenvalue weighted by Gasteiger charge is 2.32. The number of nitrogens with zero attached hydrogens (tertiary/aromatic N) is 1. The van der Waals surface area contributed by atoms with Gasteiger partial charge in [-0.15, -0.1) is 11.3 Å². The number of methoxy groups -OCH3 is 1. The molecular weight excluding hydrogens is 626 g/mol. The van der Waals surface area contributed by atoms with Crippen LogP contribution in [0.3, 0.4) is 0 Å². The molecule has 1 aromatic heterocycles. The Morgan fingerprint density at radius 2 is 1.84 bits per heavy atom. The van der Waals surface area contributed by atoms with E-state index in [1.165, 1.54) is 36.6 Å². The topological polar surface area (TPSA) is 104 Å². The number of rotatable bonds is 7. The number of esters is 1. The normalized spacial score (nSPS) is 14.0. The van der Waals surface area contributed by atoms with Crippen molar-refractivity contribution in [3.8, 4) is 29.1 Å². The number of hydrogen-bond donors (Lipinski definition) is 1. The largest absolute Gasteiger partial charge is 0.493 e. The minimum absolute atomic E-state index is 0.0755. The van der Waals surface area contributed by atoms with Gasteiger partial charge in [0.05, 0.1) is 18.1 Å². The van der Waals surface area contributed by atoms with Gasteiger partial charge in [-0.25, -0.2) is 9.18 Å². The van der Waals surface area contributed by atoms with Crippen LogP contribution in [0, 0.1) is 17.1 Å². The van der Waals surface area contributed by atoms with Crippen molar-refractivity contribution in [1.29, 1.82) is 5.26 Å². The second-order valence-corrected chi connectivity index (χ2v) is 11.6. The maximum absolute atomic E-state index is 13.3. The summed E-state index contributed by atoms with van der Waals surface area (Å²) in [4.78, 5) is 13.3. The molecule has 2 N–H and O–H groups in total. The maximum Gasteiger partial charge on any atom is 0.355 e. The Balaban J connectivity index is 1.28. The predicted octanol–water partition coefficient (Wildman–Crippen LogP) is 8.37. The Kier molecular flexibility index (Phi) is 8.06. The molecule has 0 bridgehead atoms. The molecule has 7 nitrogen and oxygen atoms in total. The third-order valence-corrected chi connectivity index (χ3v) is 8.88. The van der Waals surface area contributed by atoms with E-state index in [9.17, 15) is 14.4 Å². The lowest BCUT2D eigenvalue weighted by molar-refractivity contribution is 0.0739. The van der Waals surface area contributed by atoms with E-state index in [0.717, 1.165) is 10.3 Å². The minimum Gasteiger partial charge on any atom is -0.493 e. The molecule has 0 amide bonds. The van der Waals surface area contributed by atoms with Crippen molar-refractivity contribution in [2.75, 3.05) is 7.11 Å². The van der Waals surface area contributed by atoms with Crippen molar-refractivity contribution >= 4 is 50.6 Å². The molecule has 2 heterocycles. The van der Waals surface area contributed by atoms with E-state index in [2.05, 4.69) is 6.07 Å². The standard InChI is InChI=1S/C33H21Cl2FN2O5S/c1-40-27-12-18(4-11-25(27)41-16-17-2-6-20(36)7-3-17)29-22-10-8-21(14-26(22)43-32(38)24(29)15-37)42-33(39)31-30(35)23-9-5-19(34)13-28(23)44-31/h2-14,29H,16,38H2,1H3. The van der Waals surface area contributed by atoms with Gasteiger partial charge in [-0.3, -0.25) is 0 Å². The number of hydrogen-bond acceptors (Lipinski definition) is 8. The summed E-state index contributed by atoms with van der Waals surface area (Å²) in [5.74, 6) is -0.223. The number of carbonyl (C=O) groups is 1. The zero-order valence-electron chi connectivity index (χ0n) is 22.9. The van der Waals surface area contributed by atoms with Crippen LogP contribution in [0.2, 0.25) is 10.0 Å². The van der Waals surface area contributed by atoms with Gasteiger partial charge < -0.3 is 24.7 Å². The number of benzene rings is 4. The number of nitrogens with two attached hydrogens (primary N) is 1. The first-order valence-corrected chi connectivity index (χ1v) is 14.7. The molecule has 0 saturated carbocycles. The van der Waals surface area contributed by atoms with Crippen molar-refractivity contribution in [3.05, 3.63) is 128 Å². The Morgan fingerprint density at radius 1 is 1.05 bits per heavy atom. The smallest absolute Gasteiger partial charge is 0.355 e. The molecule has 1 aliphatic rings. The van der Waals surface area contributed by atoms with Crippen LogP contribution in [0.25, 0.3) is 10.1 Å². The highest BCUT2D eigenvalue weighted by Crippen LogP contribution is 2.45. The number of carbonyl (C=O) groups excluding carboxylic acids is 1. The van der Waals surface area contributed by atoms with Crippen molar-refractivity contribution < 1.29 is 28.1 Å². The van der Waals surface area contributed by atoms with Gasteiger partial charge in [0.25, 0.3) is 0 Å². The van der Waals surface area contributed by atoms with Crippen molar-refractivity contribution in [2.24, 2.45) is 5.73 Å². The van der Waals surface area contributed by atoms with Crippen molar-refractivity contribution in [3.63, 3.8) is 0 Å². The lowest BCUT2D eigenvalue weighted by Gasteiger charge is -2.27. The highest BCUT2D eigenvalue weighted by molar-refractivity contribution is 7.21. The van der Waals surface area contributed by atoms with Gasteiger partial charge in [0.1, 0.15) is 40.4 Å². The van der Waals surface area contributed by atoms with Crippen molar-refractivity contribution in [2.45, 2.75) is 12.5 Å². The summed E-state index contributed by atoms with van der Waals surface area (Å²) in [6, 6.07) is 23.5. The van der Waals surface area contributed by atoms with E-state index >= 15 is 0 Å². The molecule has 1 aliphatic heterocycles. The monoisotopic (exact) mass is 646 g/mol. The molecular formula is C33H21Cl2FN2O5S. The Morgan fingerprint density at radius 3 is 2.59 bits per heavy atom. The van der Waals surface area contributed by atoms with Crippen molar-refractivity contribution in [1.82, 2.24) is 0 Å². The molecule has 220 valence electrons. The zero-order chi connectivity index (χ0) is 31.0. The number of thiophene rings is 1. The fourth-order valence-corrected chi connectivity index (χ4v) is 6.55. The third kappa shape index (κ3) is 5.63. The van der Waals surface area contributed by atoms with Crippen LogP contribution in [0.4, 0.5) is 4.39 Å². The second-order valence-electron chi connectivity index (χ2n) is 9.73. The van der Waals surface area contributed by atoms with Gasteiger partial charge in [0.15, 0.2) is 11.5 Å². The fraction of sp³-hybridized carbons (Fsp3) is 0.0909. The second kappa shape index (κ2) is 12.1. The van der Waals surface area contributed by atoms with Crippen LogP contribution in [0.15, 0.2) is 90.3 Å². The molecule has 0 spiro atoms. The summed E-state index contributed by atoms with van der Waals surface area (Å²) in [5, 5.41) is 11.5. The zero-order valence-corrected chi connectivity index (χ0v) is 25.2. The van der Waals surface area contributed by atoms with Crippen LogP contribution >= 0.6 is 34.5 Å². The first-order valence-electron chi connectivity index (χ1n) is 13.1. The molecule has 11 heteroatoms. The summed E-state index contributed by atoms with van der Waals surface area (Å²) < 4.78 is 37.0. The number of nitriles is 1. The molecule has 0 aliphatic carbocycles. The first kappa shape index (κ1) is 29.3. The van der Waals surface area contributed by atoms with Gasteiger partial charge in [0.2, 0.25) is 5.88 Å². The highest BCUT2D eigenvalue weighted by atomic mass is 35.5. The summed E-state index contributed by atoms with van der Waals surface area (Å²) in [6.07, 6.45) is 0. The van der Waals surface area contributed by atoms with Gasteiger partial charge in [-0.2, -0.15) is 5.26 Å². The predicted molar refractivity (Wildman–Crippen MR) is 166 cm³/mol. The van der Waals surface area contributed by atoms with E-state index in [1.54, 1.807) is 60.7 Å². The SMILES string of the molecule is COc1cc(C2C(C#N)=C(N)Oc3cc(OC(=O)c4sc5cc(Cl)ccc5c4Cl)ccc32)ccc1OCc1ccc(F)cc1. The van der Waals surface area contributed by atoms with Gasteiger partial charge in [0, 0.05) is 26.7 Å². The number of fused-ring (bicyclic) bond motifs is 2. The molecule has 1 atom stereocenters. The first-order chi connectivity index (χ1) is 21.2. The van der Waals surface area contributed by atoms with E-state index in [-0.39, 0.29) is 39.5 Å². The molecule has 6 rings (SSSR count). The van der Waals surface area contributed by atoms with E-state index in [4.69, 9.17) is 47.9 Å². The summed E-state index contributed by atoms with van der Waals surface area (Å²) >= 11 is 13.7. The number of allylic oxidation sites excluding steroid dienone is 1. The van der Waals surface area contributed by atoms with Gasteiger partial charge >= 0.3 is 5.97 Å². The Labute approximate surface area is 265 Å². The molecule has 5 aromatic rings. The summed E-state index contributed by atoms with van der Waals surface area (Å²) in [7, 11) is 1.51. The van der Waals surface area contributed by atoms with E-state index in [1.807, 2.05) is 0 Å². The van der Waals surface area contributed by atoms with Crippen LogP contribution in [0.5, 0.6) is 23.0 Å². The number of halogens is 3. The lowest BCUT2D eigenvalue weighted by atomic mass is 9.83. The average Bonchev–Trinajstić information content (AvgIpc) is 3.35. The fourth-order valence-electron chi connectivity index (χ4n) is 4.89. The van der Waals surface area contributed by atoms with Gasteiger partial charge in [-0.1, -0.05) is 53.5 Å². The Hall–Kier alpha value is -4.75. The Bertz CT molecular complexity index is 2000. The van der Waals surface area contributed by atoms with E-state index < -0.39 is 11.9 Å². The molecule has 0 radical (unpaired) electrons. The van der Waals surface area contributed by atoms with Crippen LogP contribution in [0.1, 0.15) is 32.3 Å². The molecule has 1 unspecified atom stereocenters. The minimum atomic E-state index is -0.637. The van der Waals surface area contributed by atoms with Crippen LogP contribution in [-0.2, 0) is 6.61 Å². The average molecular weight is 648 g/mol. The lowest BCUT2D eigenvalue weighted by Crippen LogP contribution is -2.21. The summed E-state index contributed by atoms with van der Waals surface area (Å²) in [5.41, 5.74) is 8.51. The maximum atomic E-state index is 13.3. The molecule has 44 heavy (non-hydrogen) atoms.